The topological polar surface area (TPSA) is 121 Å². The molecular weight excluding hydrogens is 386 g/mol. The molecule has 2 rings (SSSR count). The Bertz CT molecular complexity index is 900. The van der Waals surface area contributed by atoms with Crippen LogP contribution in [0.25, 0.3) is 10.9 Å². The SMILES string of the molecule is CC[C@H](C)[C@H](NC(=O)OC(C)(C)C)C(=O)N[C@@H](Cc1c[nH]c2ccccc12)C(=O)O. The smallest absolute Gasteiger partial charge is 0.408 e. The van der Waals surface area contributed by atoms with Crippen LogP contribution in [0.4, 0.5) is 4.79 Å². The maximum absolute atomic E-state index is 12.9. The molecule has 0 radical (unpaired) electrons. The molecule has 0 aliphatic carbocycles. The molecular formula is C22H31N3O5. The fourth-order valence-corrected chi connectivity index (χ4v) is 3.12. The first-order valence-electron chi connectivity index (χ1n) is 10.1. The number of ether oxygens (including phenoxy) is 1. The highest BCUT2D eigenvalue weighted by Gasteiger charge is 2.31. The Morgan fingerprint density at radius 3 is 2.43 bits per heavy atom. The first-order valence-corrected chi connectivity index (χ1v) is 10.1. The number of hydrogen-bond donors (Lipinski definition) is 4. The Kier molecular flexibility index (Phi) is 7.48. The van der Waals surface area contributed by atoms with Gasteiger partial charge in [-0.1, -0.05) is 38.5 Å². The lowest BCUT2D eigenvalue weighted by atomic mass is 9.97. The predicted octanol–water partition coefficient (Wildman–Crippen LogP) is 3.22. The molecule has 8 nitrogen and oxygen atoms in total. The first-order chi connectivity index (χ1) is 14.0. The number of nitrogens with one attached hydrogen (secondary N) is 3. The van der Waals surface area contributed by atoms with E-state index in [-0.39, 0.29) is 12.3 Å². The molecule has 164 valence electrons. The number of carboxylic acids is 1. The molecule has 0 aliphatic rings. The van der Waals surface area contributed by atoms with Crippen molar-refractivity contribution < 1.29 is 24.2 Å². The number of fused-ring (bicyclic) bond motifs is 1. The van der Waals surface area contributed by atoms with Crippen LogP contribution in [0.2, 0.25) is 0 Å². The van der Waals surface area contributed by atoms with Gasteiger partial charge in [0.1, 0.15) is 17.7 Å². The van der Waals surface area contributed by atoms with Gasteiger partial charge < -0.3 is 25.5 Å². The number of para-hydroxylation sites is 1. The maximum atomic E-state index is 12.9. The van der Waals surface area contributed by atoms with Crippen LogP contribution < -0.4 is 10.6 Å². The Labute approximate surface area is 176 Å². The quantitative estimate of drug-likeness (QED) is 0.526. The molecule has 0 unspecified atom stereocenters. The van der Waals surface area contributed by atoms with Gasteiger partial charge in [0.25, 0.3) is 0 Å². The molecule has 0 aliphatic heterocycles. The zero-order chi connectivity index (χ0) is 22.5. The van der Waals surface area contributed by atoms with Gasteiger partial charge in [-0.15, -0.1) is 0 Å². The number of alkyl carbamates (subject to hydrolysis) is 1. The molecule has 3 atom stereocenters. The fourth-order valence-electron chi connectivity index (χ4n) is 3.12. The van der Waals surface area contributed by atoms with Crippen molar-refractivity contribution in [2.75, 3.05) is 0 Å². The number of aromatic amines is 1. The zero-order valence-electron chi connectivity index (χ0n) is 18.1. The number of hydrogen-bond acceptors (Lipinski definition) is 4. The molecule has 1 heterocycles. The second kappa shape index (κ2) is 9.65. The summed E-state index contributed by atoms with van der Waals surface area (Å²) in [6.07, 6.45) is 1.77. The Morgan fingerprint density at radius 1 is 1.17 bits per heavy atom. The van der Waals surface area contributed by atoms with E-state index in [0.717, 1.165) is 16.5 Å². The minimum atomic E-state index is -1.14. The van der Waals surface area contributed by atoms with Crippen molar-refractivity contribution in [2.24, 2.45) is 5.92 Å². The van der Waals surface area contributed by atoms with Gasteiger partial charge in [0.15, 0.2) is 0 Å². The van der Waals surface area contributed by atoms with Gasteiger partial charge in [-0.3, -0.25) is 4.79 Å². The summed E-state index contributed by atoms with van der Waals surface area (Å²) in [6, 6.07) is 5.51. The summed E-state index contributed by atoms with van der Waals surface area (Å²) < 4.78 is 5.25. The van der Waals surface area contributed by atoms with E-state index in [2.05, 4.69) is 15.6 Å². The second-order valence-electron chi connectivity index (χ2n) is 8.47. The number of H-pyrrole nitrogens is 1. The number of carbonyl (C=O) groups excluding carboxylic acids is 2. The van der Waals surface area contributed by atoms with Gasteiger partial charge in [-0.25, -0.2) is 9.59 Å². The van der Waals surface area contributed by atoms with Crippen molar-refractivity contribution in [3.05, 3.63) is 36.0 Å². The summed E-state index contributed by atoms with van der Waals surface area (Å²) >= 11 is 0. The van der Waals surface area contributed by atoms with Crippen molar-refractivity contribution in [2.45, 2.75) is 65.1 Å². The van der Waals surface area contributed by atoms with E-state index in [4.69, 9.17) is 4.74 Å². The van der Waals surface area contributed by atoms with Crippen molar-refractivity contribution in [1.82, 2.24) is 15.6 Å². The Hall–Kier alpha value is -3.03. The Morgan fingerprint density at radius 2 is 1.83 bits per heavy atom. The van der Waals surface area contributed by atoms with E-state index in [0.29, 0.717) is 6.42 Å². The van der Waals surface area contributed by atoms with Gasteiger partial charge in [-0.05, 0) is 38.3 Å². The number of amides is 2. The van der Waals surface area contributed by atoms with Crippen LogP contribution in [0.5, 0.6) is 0 Å². The van der Waals surface area contributed by atoms with Crippen LogP contribution >= 0.6 is 0 Å². The average Bonchev–Trinajstić information content (AvgIpc) is 3.06. The van der Waals surface area contributed by atoms with Crippen LogP contribution in [0.1, 0.15) is 46.6 Å². The summed E-state index contributed by atoms with van der Waals surface area (Å²) in [6.45, 7) is 8.89. The number of aliphatic carboxylic acids is 1. The minimum absolute atomic E-state index is 0.116. The van der Waals surface area contributed by atoms with E-state index in [9.17, 15) is 19.5 Å². The summed E-state index contributed by atoms with van der Waals surface area (Å²) in [5.74, 6) is -1.91. The molecule has 1 aromatic carbocycles. The molecule has 0 bridgehead atoms. The number of carbonyl (C=O) groups is 3. The monoisotopic (exact) mass is 417 g/mol. The van der Waals surface area contributed by atoms with E-state index < -0.39 is 35.7 Å². The summed E-state index contributed by atoms with van der Waals surface area (Å²) in [7, 11) is 0. The van der Waals surface area contributed by atoms with Crippen molar-refractivity contribution in [3.8, 4) is 0 Å². The minimum Gasteiger partial charge on any atom is -0.480 e. The molecule has 30 heavy (non-hydrogen) atoms. The highest BCUT2D eigenvalue weighted by Crippen LogP contribution is 2.19. The van der Waals surface area contributed by atoms with E-state index in [1.165, 1.54) is 0 Å². The molecule has 8 heteroatoms. The standard InChI is InChI=1S/C22H31N3O5/c1-6-13(2)18(25-21(29)30-22(3,4)5)19(26)24-17(20(27)28)11-14-12-23-16-10-8-7-9-15(14)16/h7-10,12-13,17-18,23H,6,11H2,1-5H3,(H,24,26)(H,25,29)(H,27,28)/t13-,17-,18-/m0/s1. The van der Waals surface area contributed by atoms with Crippen molar-refractivity contribution >= 4 is 28.9 Å². The molecule has 0 saturated heterocycles. The van der Waals surface area contributed by atoms with Gasteiger partial charge in [0.2, 0.25) is 5.91 Å². The van der Waals surface area contributed by atoms with Gasteiger partial charge in [0, 0.05) is 23.5 Å². The predicted molar refractivity (Wildman–Crippen MR) is 114 cm³/mol. The highest BCUT2D eigenvalue weighted by atomic mass is 16.6. The zero-order valence-corrected chi connectivity index (χ0v) is 18.1. The lowest BCUT2D eigenvalue weighted by Gasteiger charge is -2.27. The number of rotatable bonds is 8. The Balaban J connectivity index is 2.15. The molecule has 1 aromatic heterocycles. The number of aromatic nitrogens is 1. The first kappa shape index (κ1) is 23.3. The molecule has 2 amide bonds. The lowest BCUT2D eigenvalue weighted by Crippen LogP contribution is -2.55. The maximum Gasteiger partial charge on any atom is 0.408 e. The molecule has 4 N–H and O–H groups in total. The van der Waals surface area contributed by atoms with Crippen molar-refractivity contribution in [1.29, 1.82) is 0 Å². The van der Waals surface area contributed by atoms with Crippen LogP contribution in [0.15, 0.2) is 30.5 Å². The molecule has 0 spiro atoms. The fraction of sp³-hybridized carbons (Fsp3) is 0.500. The summed E-state index contributed by atoms with van der Waals surface area (Å²) in [4.78, 5) is 40.0. The molecule has 0 fully saturated rings. The summed E-state index contributed by atoms with van der Waals surface area (Å²) in [5, 5.41) is 15.7. The van der Waals surface area contributed by atoms with E-state index >= 15 is 0 Å². The van der Waals surface area contributed by atoms with Crippen LogP contribution in [-0.2, 0) is 20.7 Å². The molecule has 2 aromatic rings. The highest BCUT2D eigenvalue weighted by molar-refractivity contribution is 5.90. The van der Waals surface area contributed by atoms with Gasteiger partial charge >= 0.3 is 12.1 Å². The van der Waals surface area contributed by atoms with E-state index in [1.807, 2.05) is 38.1 Å². The second-order valence-corrected chi connectivity index (χ2v) is 8.47. The third kappa shape index (κ3) is 6.23. The largest absolute Gasteiger partial charge is 0.480 e. The number of benzene rings is 1. The van der Waals surface area contributed by atoms with Gasteiger partial charge in [-0.2, -0.15) is 0 Å². The third-order valence-corrected chi connectivity index (χ3v) is 4.88. The normalized spacial score (nSPS) is 14.6. The van der Waals surface area contributed by atoms with Crippen LogP contribution in [0, 0.1) is 5.92 Å². The number of carboxylic acid groups (broad SMARTS) is 1. The van der Waals surface area contributed by atoms with E-state index in [1.54, 1.807) is 27.0 Å². The van der Waals surface area contributed by atoms with Crippen LogP contribution in [-0.4, -0.2) is 45.7 Å². The third-order valence-electron chi connectivity index (χ3n) is 4.88. The lowest BCUT2D eigenvalue weighted by molar-refractivity contribution is -0.142. The average molecular weight is 418 g/mol. The summed E-state index contributed by atoms with van der Waals surface area (Å²) in [5.41, 5.74) is 0.977. The van der Waals surface area contributed by atoms with Gasteiger partial charge in [0.05, 0.1) is 0 Å². The van der Waals surface area contributed by atoms with Crippen LogP contribution in [0.3, 0.4) is 0 Å². The van der Waals surface area contributed by atoms with Crippen molar-refractivity contribution in [3.63, 3.8) is 0 Å². The molecule has 0 saturated carbocycles.